The van der Waals surface area contributed by atoms with Crippen molar-refractivity contribution in [3.8, 4) is 5.75 Å². The highest BCUT2D eigenvalue weighted by molar-refractivity contribution is 5.77. The van der Waals surface area contributed by atoms with Crippen molar-refractivity contribution < 1.29 is 19.1 Å². The maximum absolute atomic E-state index is 12.3. The Kier molecular flexibility index (Phi) is 8.80. The third kappa shape index (κ3) is 7.17. The first-order chi connectivity index (χ1) is 11.1. The van der Waals surface area contributed by atoms with E-state index in [1.54, 1.807) is 12.0 Å². The number of benzene rings is 1. The SMILES string of the molecule is CCCCC(=O)N(CCC(=O)OC)CCc1ccc(OC)cc1. The van der Waals surface area contributed by atoms with Crippen LogP contribution in [-0.4, -0.2) is 44.1 Å². The predicted molar refractivity (Wildman–Crippen MR) is 89.4 cm³/mol. The molecule has 0 bridgehead atoms. The highest BCUT2D eigenvalue weighted by Gasteiger charge is 2.14. The molecule has 1 rings (SSSR count). The molecule has 5 heteroatoms. The molecule has 0 heterocycles. The molecule has 0 unspecified atom stereocenters. The number of methoxy groups -OCH3 is 2. The molecular weight excluding hydrogens is 294 g/mol. The van der Waals surface area contributed by atoms with Crippen LogP contribution in [0.15, 0.2) is 24.3 Å². The molecule has 0 spiro atoms. The van der Waals surface area contributed by atoms with Crippen molar-refractivity contribution in [2.24, 2.45) is 0 Å². The molecule has 0 radical (unpaired) electrons. The number of unbranched alkanes of at least 4 members (excludes halogenated alkanes) is 1. The third-order valence-electron chi connectivity index (χ3n) is 3.74. The largest absolute Gasteiger partial charge is 0.497 e. The number of amides is 1. The first kappa shape index (κ1) is 19.0. The molecule has 0 aromatic heterocycles. The minimum absolute atomic E-state index is 0.101. The van der Waals surface area contributed by atoms with E-state index in [1.165, 1.54) is 7.11 Å². The van der Waals surface area contributed by atoms with Crippen molar-refractivity contribution in [2.75, 3.05) is 27.3 Å². The summed E-state index contributed by atoms with van der Waals surface area (Å²) in [5, 5.41) is 0. The van der Waals surface area contributed by atoms with Gasteiger partial charge in [-0.05, 0) is 30.5 Å². The van der Waals surface area contributed by atoms with E-state index in [0.717, 1.165) is 30.6 Å². The van der Waals surface area contributed by atoms with Crippen molar-refractivity contribution in [1.29, 1.82) is 0 Å². The van der Waals surface area contributed by atoms with Crippen LogP contribution in [0.1, 0.15) is 38.2 Å². The first-order valence-electron chi connectivity index (χ1n) is 8.08. The lowest BCUT2D eigenvalue weighted by Gasteiger charge is -2.22. The van der Waals surface area contributed by atoms with Crippen LogP contribution in [0.3, 0.4) is 0 Å². The maximum Gasteiger partial charge on any atom is 0.307 e. The molecule has 0 saturated heterocycles. The van der Waals surface area contributed by atoms with E-state index >= 15 is 0 Å². The lowest BCUT2D eigenvalue weighted by molar-refractivity contribution is -0.141. The number of carbonyl (C=O) groups excluding carboxylic acids is 2. The predicted octanol–water partition coefficient (Wildman–Crippen LogP) is 2.82. The lowest BCUT2D eigenvalue weighted by atomic mass is 10.1. The first-order valence-corrected chi connectivity index (χ1v) is 8.08. The van der Waals surface area contributed by atoms with Gasteiger partial charge < -0.3 is 14.4 Å². The van der Waals surface area contributed by atoms with Crippen molar-refractivity contribution >= 4 is 11.9 Å². The molecule has 5 nitrogen and oxygen atoms in total. The fourth-order valence-electron chi connectivity index (χ4n) is 2.23. The summed E-state index contributed by atoms with van der Waals surface area (Å²) in [7, 11) is 3.00. The van der Waals surface area contributed by atoms with E-state index in [4.69, 9.17) is 4.74 Å². The average molecular weight is 321 g/mol. The Morgan fingerprint density at radius 3 is 2.30 bits per heavy atom. The highest BCUT2D eigenvalue weighted by atomic mass is 16.5. The van der Waals surface area contributed by atoms with Crippen LogP contribution in [0.4, 0.5) is 0 Å². The zero-order chi connectivity index (χ0) is 17.1. The Hall–Kier alpha value is -2.04. The number of hydrogen-bond acceptors (Lipinski definition) is 4. The van der Waals surface area contributed by atoms with Crippen LogP contribution in [-0.2, 0) is 20.7 Å². The smallest absolute Gasteiger partial charge is 0.307 e. The van der Waals surface area contributed by atoms with Gasteiger partial charge in [-0.3, -0.25) is 9.59 Å². The van der Waals surface area contributed by atoms with Gasteiger partial charge in [0.25, 0.3) is 0 Å². The van der Waals surface area contributed by atoms with Crippen molar-refractivity contribution in [2.45, 2.75) is 39.0 Å². The fourth-order valence-corrected chi connectivity index (χ4v) is 2.23. The zero-order valence-electron chi connectivity index (χ0n) is 14.3. The monoisotopic (exact) mass is 321 g/mol. The molecular formula is C18H27NO4. The molecule has 0 aliphatic heterocycles. The summed E-state index contributed by atoms with van der Waals surface area (Å²) < 4.78 is 9.80. The van der Waals surface area contributed by atoms with Gasteiger partial charge in [-0.2, -0.15) is 0 Å². The Bertz CT molecular complexity index is 484. The maximum atomic E-state index is 12.3. The summed E-state index contributed by atoms with van der Waals surface area (Å²) in [6, 6.07) is 7.81. The van der Waals surface area contributed by atoms with Gasteiger partial charge >= 0.3 is 5.97 Å². The van der Waals surface area contributed by atoms with E-state index in [-0.39, 0.29) is 18.3 Å². The average Bonchev–Trinajstić information content (AvgIpc) is 2.59. The number of ether oxygens (including phenoxy) is 2. The Balaban J connectivity index is 2.58. The van der Waals surface area contributed by atoms with Crippen LogP contribution in [0.2, 0.25) is 0 Å². The summed E-state index contributed by atoms with van der Waals surface area (Å²) in [5.74, 6) is 0.627. The summed E-state index contributed by atoms with van der Waals surface area (Å²) in [4.78, 5) is 25.4. The second-order valence-corrected chi connectivity index (χ2v) is 5.41. The summed E-state index contributed by atoms with van der Waals surface area (Å²) in [5.41, 5.74) is 1.14. The second-order valence-electron chi connectivity index (χ2n) is 5.41. The number of rotatable bonds is 10. The lowest BCUT2D eigenvalue weighted by Crippen LogP contribution is -2.34. The van der Waals surface area contributed by atoms with E-state index in [0.29, 0.717) is 19.5 Å². The van der Waals surface area contributed by atoms with Crippen LogP contribution in [0.25, 0.3) is 0 Å². The number of carbonyl (C=O) groups is 2. The Morgan fingerprint density at radius 1 is 1.04 bits per heavy atom. The molecule has 0 aliphatic rings. The zero-order valence-corrected chi connectivity index (χ0v) is 14.3. The minimum atomic E-state index is -0.289. The van der Waals surface area contributed by atoms with E-state index < -0.39 is 0 Å². The van der Waals surface area contributed by atoms with Gasteiger partial charge in [-0.25, -0.2) is 0 Å². The van der Waals surface area contributed by atoms with Gasteiger partial charge in [0.1, 0.15) is 5.75 Å². The summed E-state index contributed by atoms with van der Waals surface area (Å²) in [6.07, 6.45) is 3.37. The molecule has 1 aromatic carbocycles. The summed E-state index contributed by atoms with van der Waals surface area (Å²) in [6.45, 7) is 3.07. The van der Waals surface area contributed by atoms with Gasteiger partial charge in [-0.1, -0.05) is 25.5 Å². The molecule has 0 fully saturated rings. The van der Waals surface area contributed by atoms with Gasteiger partial charge in [0.2, 0.25) is 5.91 Å². The highest BCUT2D eigenvalue weighted by Crippen LogP contribution is 2.12. The molecule has 0 atom stereocenters. The van der Waals surface area contributed by atoms with Gasteiger partial charge in [0.05, 0.1) is 20.6 Å². The van der Waals surface area contributed by atoms with E-state index in [2.05, 4.69) is 11.7 Å². The third-order valence-corrected chi connectivity index (χ3v) is 3.74. The van der Waals surface area contributed by atoms with Crippen LogP contribution in [0.5, 0.6) is 5.75 Å². The normalized spacial score (nSPS) is 10.2. The second kappa shape index (κ2) is 10.6. The van der Waals surface area contributed by atoms with Crippen LogP contribution >= 0.6 is 0 Å². The Morgan fingerprint density at radius 2 is 1.74 bits per heavy atom. The fraction of sp³-hybridized carbons (Fsp3) is 0.556. The van der Waals surface area contributed by atoms with Crippen LogP contribution in [0, 0.1) is 0 Å². The Labute approximate surface area is 138 Å². The van der Waals surface area contributed by atoms with Gasteiger partial charge in [0.15, 0.2) is 0 Å². The molecule has 0 saturated carbocycles. The summed E-state index contributed by atoms with van der Waals surface area (Å²) >= 11 is 0. The quantitative estimate of drug-likeness (QED) is 0.622. The molecule has 0 aliphatic carbocycles. The number of nitrogens with zero attached hydrogens (tertiary/aromatic N) is 1. The molecule has 128 valence electrons. The van der Waals surface area contributed by atoms with Crippen molar-refractivity contribution in [3.63, 3.8) is 0 Å². The minimum Gasteiger partial charge on any atom is -0.497 e. The molecule has 1 amide bonds. The van der Waals surface area contributed by atoms with Crippen molar-refractivity contribution in [1.82, 2.24) is 4.90 Å². The standard InChI is InChI=1S/C18H27NO4/c1-4-5-6-17(20)19(14-12-18(21)23-3)13-11-15-7-9-16(22-2)10-8-15/h7-10H,4-6,11-14H2,1-3H3. The number of esters is 1. The van der Waals surface area contributed by atoms with E-state index in [9.17, 15) is 9.59 Å². The van der Waals surface area contributed by atoms with Crippen molar-refractivity contribution in [3.05, 3.63) is 29.8 Å². The van der Waals surface area contributed by atoms with Gasteiger partial charge in [0, 0.05) is 19.5 Å². The van der Waals surface area contributed by atoms with Crippen LogP contribution < -0.4 is 4.74 Å². The van der Waals surface area contributed by atoms with Gasteiger partial charge in [-0.15, -0.1) is 0 Å². The van der Waals surface area contributed by atoms with E-state index in [1.807, 2.05) is 24.3 Å². The number of hydrogen-bond donors (Lipinski definition) is 0. The molecule has 0 N–H and O–H groups in total. The molecule has 23 heavy (non-hydrogen) atoms. The topological polar surface area (TPSA) is 55.8 Å². The molecule has 1 aromatic rings.